The van der Waals surface area contributed by atoms with Gasteiger partial charge in [-0.25, -0.2) is 0 Å². The van der Waals surface area contributed by atoms with Gasteiger partial charge in [0, 0.05) is 6.54 Å². The van der Waals surface area contributed by atoms with Crippen molar-refractivity contribution in [3.05, 3.63) is 41.5 Å². The van der Waals surface area contributed by atoms with Gasteiger partial charge < -0.3 is 20.4 Å². The van der Waals surface area contributed by atoms with Crippen LogP contribution >= 0.6 is 0 Å². The van der Waals surface area contributed by atoms with Crippen molar-refractivity contribution in [2.45, 2.75) is 77.7 Å². The van der Waals surface area contributed by atoms with Crippen molar-refractivity contribution in [1.29, 1.82) is 0 Å². The molecule has 6 heteroatoms. The molecule has 0 unspecified atom stereocenters. The second-order valence-electron chi connectivity index (χ2n) is 11.8. The van der Waals surface area contributed by atoms with E-state index >= 15 is 0 Å². The van der Waals surface area contributed by atoms with Gasteiger partial charge in [0.05, 0.1) is 11.8 Å². The van der Waals surface area contributed by atoms with E-state index in [0.29, 0.717) is 24.8 Å². The molecular formula is C29H40N2O4. The Bertz CT molecular complexity index is 1000. The van der Waals surface area contributed by atoms with Gasteiger partial charge in [-0.15, -0.1) is 0 Å². The third-order valence-corrected chi connectivity index (χ3v) is 9.98. The highest BCUT2D eigenvalue weighted by atomic mass is 16.6. The zero-order valence-corrected chi connectivity index (χ0v) is 21.1. The summed E-state index contributed by atoms with van der Waals surface area (Å²) in [5.41, 5.74) is 3.86. The van der Waals surface area contributed by atoms with E-state index in [9.17, 15) is 15.0 Å². The zero-order chi connectivity index (χ0) is 24.6. The van der Waals surface area contributed by atoms with Crippen LogP contribution in [0.4, 0.5) is 0 Å². The summed E-state index contributed by atoms with van der Waals surface area (Å²) in [7, 11) is 0. The number of carbonyl (C=O) groups is 1. The number of hydrogen-bond acceptors (Lipinski definition) is 5. The lowest BCUT2D eigenvalue weighted by Crippen LogP contribution is -2.51. The number of fused-ring (bicyclic) bond motifs is 5. The SMILES string of the molecule is C[C@]12CC[C@H]3[C@@H](CCC4=C/C(=N/OCC(=O)NCCc5ccc(O)cc5)CC[C@@]43C)[C@@H]1CC[C@H]2O. The Morgan fingerprint density at radius 1 is 1.09 bits per heavy atom. The summed E-state index contributed by atoms with van der Waals surface area (Å²) >= 11 is 0. The van der Waals surface area contributed by atoms with E-state index in [1.54, 1.807) is 12.1 Å². The molecular weight excluding hydrogens is 440 g/mol. The minimum atomic E-state index is -0.175. The average Bonchev–Trinajstić information content (AvgIpc) is 3.15. The molecule has 0 aromatic heterocycles. The third-order valence-electron chi connectivity index (χ3n) is 9.98. The minimum absolute atomic E-state index is 0.0766. The maximum atomic E-state index is 12.1. The molecule has 190 valence electrons. The normalized spacial score (nSPS) is 37.1. The lowest BCUT2D eigenvalue weighted by Gasteiger charge is -2.57. The summed E-state index contributed by atoms with van der Waals surface area (Å²) < 4.78 is 0. The summed E-state index contributed by atoms with van der Waals surface area (Å²) in [6, 6.07) is 7.00. The number of benzene rings is 1. The van der Waals surface area contributed by atoms with Crippen LogP contribution in [0.15, 0.2) is 41.1 Å². The van der Waals surface area contributed by atoms with Crippen LogP contribution in [0.5, 0.6) is 5.75 Å². The van der Waals surface area contributed by atoms with Gasteiger partial charge in [-0.2, -0.15) is 0 Å². The van der Waals surface area contributed by atoms with Crippen LogP contribution in [0, 0.1) is 28.6 Å². The smallest absolute Gasteiger partial charge is 0.260 e. The molecule has 6 nitrogen and oxygen atoms in total. The highest BCUT2D eigenvalue weighted by molar-refractivity contribution is 5.96. The molecule has 35 heavy (non-hydrogen) atoms. The molecule has 4 aliphatic carbocycles. The number of phenols is 1. The fraction of sp³-hybridized carbons (Fsp3) is 0.655. The Hall–Kier alpha value is -2.34. The molecule has 0 spiro atoms. The molecule has 1 aromatic carbocycles. The number of oxime groups is 1. The van der Waals surface area contributed by atoms with Crippen LogP contribution in [0.3, 0.4) is 0 Å². The fourth-order valence-electron chi connectivity index (χ4n) is 7.85. The lowest BCUT2D eigenvalue weighted by molar-refractivity contribution is -0.125. The van der Waals surface area contributed by atoms with Gasteiger partial charge in [0.2, 0.25) is 0 Å². The molecule has 3 saturated carbocycles. The first-order chi connectivity index (χ1) is 16.8. The van der Waals surface area contributed by atoms with E-state index in [2.05, 4.69) is 30.4 Å². The Kier molecular flexibility index (Phi) is 6.69. The Morgan fingerprint density at radius 2 is 1.89 bits per heavy atom. The van der Waals surface area contributed by atoms with Gasteiger partial charge in [0.1, 0.15) is 5.75 Å². The lowest BCUT2D eigenvalue weighted by atomic mass is 9.47. The minimum Gasteiger partial charge on any atom is -0.508 e. The molecule has 3 N–H and O–H groups in total. The van der Waals surface area contributed by atoms with Crippen molar-refractivity contribution in [2.75, 3.05) is 13.2 Å². The number of amides is 1. The Labute approximate surface area is 208 Å². The van der Waals surface area contributed by atoms with Crippen LogP contribution < -0.4 is 5.32 Å². The van der Waals surface area contributed by atoms with Gasteiger partial charge >= 0.3 is 0 Å². The summed E-state index contributed by atoms with van der Waals surface area (Å²) in [5.74, 6) is 2.17. The van der Waals surface area contributed by atoms with Crippen LogP contribution in [-0.4, -0.2) is 41.1 Å². The monoisotopic (exact) mass is 480 g/mol. The van der Waals surface area contributed by atoms with Gasteiger partial charge in [0.25, 0.3) is 5.91 Å². The second kappa shape index (κ2) is 9.61. The van der Waals surface area contributed by atoms with Crippen molar-refractivity contribution in [3.63, 3.8) is 0 Å². The number of nitrogens with zero attached hydrogens (tertiary/aromatic N) is 1. The largest absolute Gasteiger partial charge is 0.508 e. The number of carbonyl (C=O) groups excluding carboxylic acids is 1. The molecule has 6 atom stereocenters. The Balaban J connectivity index is 1.14. The summed E-state index contributed by atoms with van der Waals surface area (Å²) in [5, 5.41) is 27.2. The first-order valence-electron chi connectivity index (χ1n) is 13.4. The van der Waals surface area contributed by atoms with Gasteiger partial charge in [-0.05, 0) is 110 Å². The van der Waals surface area contributed by atoms with Gasteiger partial charge in [-0.3, -0.25) is 4.79 Å². The number of nitrogens with one attached hydrogen (secondary N) is 1. The maximum absolute atomic E-state index is 12.1. The first kappa shape index (κ1) is 24.4. The molecule has 5 rings (SSSR count). The molecule has 0 radical (unpaired) electrons. The van der Waals surface area contributed by atoms with E-state index in [0.717, 1.165) is 49.3 Å². The van der Waals surface area contributed by atoms with Gasteiger partial charge in [-0.1, -0.05) is 36.7 Å². The van der Waals surface area contributed by atoms with Crippen molar-refractivity contribution in [2.24, 2.45) is 33.7 Å². The summed E-state index contributed by atoms with van der Waals surface area (Å²) in [6.45, 7) is 5.24. The van der Waals surface area contributed by atoms with Crippen molar-refractivity contribution in [1.82, 2.24) is 5.32 Å². The standard InChI is InChI=1S/C29H40N2O4/c1-28-14-11-21(31-35-18-27(34)30-16-13-19-3-6-22(32)7-4-19)17-20(28)5-8-23-24-9-10-26(33)29(24,2)15-12-25(23)28/h3-4,6-7,17,23-26,32-33H,5,8-16,18H2,1-2H3,(H,30,34)/b31-21+/t23-,24-,25-,26+,28-,29-/m0/s1. The molecule has 0 saturated heterocycles. The highest BCUT2D eigenvalue weighted by Crippen LogP contribution is 2.65. The zero-order valence-electron chi connectivity index (χ0n) is 21.1. The number of aromatic hydroxyl groups is 1. The first-order valence-corrected chi connectivity index (χ1v) is 13.4. The third kappa shape index (κ3) is 4.62. The Morgan fingerprint density at radius 3 is 2.69 bits per heavy atom. The number of hydrogen-bond donors (Lipinski definition) is 3. The molecule has 4 aliphatic rings. The van der Waals surface area contributed by atoms with E-state index < -0.39 is 0 Å². The number of aliphatic hydroxyl groups excluding tert-OH is 1. The van der Waals surface area contributed by atoms with Crippen molar-refractivity contribution >= 4 is 11.6 Å². The van der Waals surface area contributed by atoms with Crippen LogP contribution in [0.25, 0.3) is 0 Å². The van der Waals surface area contributed by atoms with E-state index in [1.165, 1.54) is 24.8 Å². The number of allylic oxidation sites excluding steroid dienone is 2. The molecule has 0 aliphatic heterocycles. The fourth-order valence-corrected chi connectivity index (χ4v) is 7.85. The van der Waals surface area contributed by atoms with Crippen LogP contribution in [0.1, 0.15) is 70.8 Å². The maximum Gasteiger partial charge on any atom is 0.260 e. The second-order valence-corrected chi connectivity index (χ2v) is 11.8. The molecule has 3 fully saturated rings. The van der Waals surface area contributed by atoms with Crippen LogP contribution in [-0.2, 0) is 16.1 Å². The molecule has 0 heterocycles. The van der Waals surface area contributed by atoms with Crippen LogP contribution in [0.2, 0.25) is 0 Å². The number of aliphatic hydroxyl groups is 1. The highest BCUT2D eigenvalue weighted by Gasteiger charge is 2.58. The number of rotatable bonds is 6. The van der Waals surface area contributed by atoms with Crippen molar-refractivity contribution in [3.8, 4) is 5.75 Å². The number of phenolic OH excluding ortho intramolecular Hbond substituents is 1. The van der Waals surface area contributed by atoms with E-state index in [-0.39, 0.29) is 35.2 Å². The topological polar surface area (TPSA) is 91.2 Å². The molecule has 1 amide bonds. The summed E-state index contributed by atoms with van der Waals surface area (Å²) in [6.07, 6.45) is 11.7. The van der Waals surface area contributed by atoms with Crippen molar-refractivity contribution < 1.29 is 19.8 Å². The van der Waals surface area contributed by atoms with E-state index in [1.807, 2.05) is 12.1 Å². The summed E-state index contributed by atoms with van der Waals surface area (Å²) in [4.78, 5) is 17.6. The predicted octanol–water partition coefficient (Wildman–Crippen LogP) is 4.75. The predicted molar refractivity (Wildman–Crippen MR) is 136 cm³/mol. The molecule has 1 aromatic rings. The average molecular weight is 481 g/mol. The van der Waals surface area contributed by atoms with Gasteiger partial charge in [0.15, 0.2) is 6.61 Å². The van der Waals surface area contributed by atoms with E-state index in [4.69, 9.17) is 4.84 Å². The quantitative estimate of drug-likeness (QED) is 0.513. The molecule has 0 bridgehead atoms.